The SMILES string of the molecule is O=C1N[C@@H](Cc2ccccc2)C(O)=C1Oc1ccccc1Cl. The molecular weight excluding hydrogens is 302 g/mol. The molecule has 2 N–H and O–H groups in total. The molecule has 4 nitrogen and oxygen atoms in total. The molecule has 0 unspecified atom stereocenters. The molecule has 0 aliphatic carbocycles. The van der Waals surface area contributed by atoms with Crippen LogP contribution in [0.5, 0.6) is 5.75 Å². The first-order valence-electron chi connectivity index (χ1n) is 6.85. The Kier molecular flexibility index (Phi) is 4.02. The van der Waals surface area contributed by atoms with Crippen LogP contribution in [0, 0.1) is 0 Å². The van der Waals surface area contributed by atoms with Crippen LogP contribution in [0.4, 0.5) is 0 Å². The van der Waals surface area contributed by atoms with Crippen LogP contribution in [0.2, 0.25) is 5.02 Å². The Morgan fingerprint density at radius 2 is 1.77 bits per heavy atom. The van der Waals surface area contributed by atoms with Crippen LogP contribution in [-0.2, 0) is 11.2 Å². The highest BCUT2D eigenvalue weighted by Crippen LogP contribution is 2.28. The van der Waals surface area contributed by atoms with Gasteiger partial charge in [-0.2, -0.15) is 0 Å². The van der Waals surface area contributed by atoms with Gasteiger partial charge >= 0.3 is 0 Å². The average molecular weight is 316 g/mol. The number of hydrogen-bond donors (Lipinski definition) is 2. The summed E-state index contributed by atoms with van der Waals surface area (Å²) in [6, 6.07) is 15.9. The van der Waals surface area contributed by atoms with Gasteiger partial charge < -0.3 is 15.2 Å². The maximum Gasteiger partial charge on any atom is 0.291 e. The Labute approximate surface area is 133 Å². The molecule has 3 rings (SSSR count). The number of nitrogens with one attached hydrogen (secondary N) is 1. The van der Waals surface area contributed by atoms with E-state index in [2.05, 4.69) is 5.32 Å². The largest absolute Gasteiger partial charge is 0.506 e. The van der Waals surface area contributed by atoms with Crippen LogP contribution < -0.4 is 10.1 Å². The highest BCUT2D eigenvalue weighted by molar-refractivity contribution is 6.32. The van der Waals surface area contributed by atoms with Crippen molar-refractivity contribution in [2.24, 2.45) is 0 Å². The predicted octanol–water partition coefficient (Wildman–Crippen LogP) is 3.23. The topological polar surface area (TPSA) is 58.6 Å². The molecule has 0 fully saturated rings. The Bertz CT molecular complexity index is 728. The molecule has 1 aliphatic rings. The number of ether oxygens (including phenoxy) is 1. The van der Waals surface area contributed by atoms with Gasteiger partial charge in [0.1, 0.15) is 5.75 Å². The maximum absolute atomic E-state index is 12.0. The number of rotatable bonds is 4. The summed E-state index contributed by atoms with van der Waals surface area (Å²) in [6.45, 7) is 0. The van der Waals surface area contributed by atoms with Crippen LogP contribution in [0.3, 0.4) is 0 Å². The second-order valence-electron chi connectivity index (χ2n) is 4.96. The number of aliphatic hydroxyl groups is 1. The number of benzene rings is 2. The molecule has 2 aromatic carbocycles. The fraction of sp³-hybridized carbons (Fsp3) is 0.118. The van der Waals surface area contributed by atoms with Gasteiger partial charge in [-0.25, -0.2) is 0 Å². The van der Waals surface area contributed by atoms with Gasteiger partial charge in [-0.3, -0.25) is 4.79 Å². The number of carbonyl (C=O) groups excluding carboxylic acids is 1. The van der Waals surface area contributed by atoms with E-state index in [1.807, 2.05) is 30.3 Å². The molecule has 1 amide bonds. The summed E-state index contributed by atoms with van der Waals surface area (Å²) in [5, 5.41) is 13.3. The minimum atomic E-state index is -0.493. The van der Waals surface area contributed by atoms with E-state index in [0.29, 0.717) is 17.2 Å². The number of aliphatic hydroxyl groups excluding tert-OH is 1. The lowest BCUT2D eigenvalue weighted by Crippen LogP contribution is -2.31. The zero-order chi connectivity index (χ0) is 15.5. The zero-order valence-electron chi connectivity index (χ0n) is 11.6. The first-order valence-corrected chi connectivity index (χ1v) is 7.23. The fourth-order valence-electron chi connectivity index (χ4n) is 2.30. The van der Waals surface area contributed by atoms with Crippen LogP contribution in [0.1, 0.15) is 5.56 Å². The molecule has 0 aromatic heterocycles. The van der Waals surface area contributed by atoms with Gasteiger partial charge in [-0.1, -0.05) is 54.1 Å². The summed E-state index contributed by atoms with van der Waals surface area (Å²) >= 11 is 6.00. The molecule has 0 saturated heterocycles. The summed E-state index contributed by atoms with van der Waals surface area (Å²) in [5.74, 6) is -0.317. The fourth-order valence-corrected chi connectivity index (χ4v) is 2.47. The third-order valence-corrected chi connectivity index (χ3v) is 3.72. The van der Waals surface area contributed by atoms with Crippen LogP contribution in [0.15, 0.2) is 66.1 Å². The molecule has 0 saturated carbocycles. The van der Waals surface area contributed by atoms with E-state index >= 15 is 0 Å². The first-order chi connectivity index (χ1) is 10.6. The summed E-state index contributed by atoms with van der Waals surface area (Å²) in [5.41, 5.74) is 1.01. The Morgan fingerprint density at radius 3 is 2.50 bits per heavy atom. The highest BCUT2D eigenvalue weighted by atomic mass is 35.5. The molecule has 0 spiro atoms. The van der Waals surface area contributed by atoms with E-state index in [9.17, 15) is 9.90 Å². The third kappa shape index (κ3) is 2.92. The lowest BCUT2D eigenvalue weighted by molar-refractivity contribution is -0.118. The quantitative estimate of drug-likeness (QED) is 0.910. The molecule has 1 aliphatic heterocycles. The van der Waals surface area contributed by atoms with Gasteiger partial charge in [-0.15, -0.1) is 0 Å². The molecule has 5 heteroatoms. The molecular formula is C17H14ClNO3. The van der Waals surface area contributed by atoms with Crippen molar-refractivity contribution in [2.75, 3.05) is 0 Å². The van der Waals surface area contributed by atoms with E-state index < -0.39 is 11.9 Å². The smallest absolute Gasteiger partial charge is 0.291 e. The van der Waals surface area contributed by atoms with Crippen molar-refractivity contribution < 1.29 is 14.6 Å². The molecule has 112 valence electrons. The van der Waals surface area contributed by atoms with E-state index in [4.69, 9.17) is 16.3 Å². The number of hydrogen-bond acceptors (Lipinski definition) is 3. The number of halogens is 1. The van der Waals surface area contributed by atoms with Crippen LogP contribution >= 0.6 is 11.6 Å². The first kappa shape index (κ1) is 14.5. The second-order valence-corrected chi connectivity index (χ2v) is 5.37. The van der Waals surface area contributed by atoms with E-state index in [-0.39, 0.29) is 11.5 Å². The van der Waals surface area contributed by atoms with Gasteiger partial charge in [0.15, 0.2) is 5.76 Å². The van der Waals surface area contributed by atoms with Crippen LogP contribution in [0.25, 0.3) is 0 Å². The Balaban J connectivity index is 1.81. The van der Waals surface area contributed by atoms with Crippen molar-refractivity contribution in [1.29, 1.82) is 0 Å². The molecule has 0 bridgehead atoms. The van der Waals surface area contributed by atoms with Crippen molar-refractivity contribution in [2.45, 2.75) is 12.5 Å². The maximum atomic E-state index is 12.0. The van der Waals surface area contributed by atoms with Gasteiger partial charge in [0.25, 0.3) is 5.91 Å². The average Bonchev–Trinajstić information content (AvgIpc) is 2.78. The van der Waals surface area contributed by atoms with E-state index in [0.717, 1.165) is 5.56 Å². The molecule has 1 heterocycles. The van der Waals surface area contributed by atoms with Crippen molar-refractivity contribution in [1.82, 2.24) is 5.32 Å². The second kappa shape index (κ2) is 6.12. The van der Waals surface area contributed by atoms with Crippen molar-refractivity contribution in [3.63, 3.8) is 0 Å². The molecule has 2 aromatic rings. The number of amides is 1. The Hall–Kier alpha value is -2.46. The normalized spacial score (nSPS) is 17.5. The van der Waals surface area contributed by atoms with Crippen molar-refractivity contribution in [3.8, 4) is 5.75 Å². The summed E-state index contributed by atoms with van der Waals surface area (Å²) < 4.78 is 5.48. The number of carbonyl (C=O) groups is 1. The van der Waals surface area contributed by atoms with Crippen molar-refractivity contribution in [3.05, 3.63) is 76.7 Å². The summed E-state index contributed by atoms with van der Waals surface area (Å²) in [7, 11) is 0. The van der Waals surface area contributed by atoms with E-state index in [1.54, 1.807) is 24.3 Å². The minimum absolute atomic E-state index is 0.103. The van der Waals surface area contributed by atoms with Gasteiger partial charge in [0, 0.05) is 6.42 Å². The highest BCUT2D eigenvalue weighted by Gasteiger charge is 2.34. The van der Waals surface area contributed by atoms with E-state index in [1.165, 1.54) is 0 Å². The Morgan fingerprint density at radius 1 is 1.09 bits per heavy atom. The lowest BCUT2D eigenvalue weighted by atomic mass is 10.1. The lowest BCUT2D eigenvalue weighted by Gasteiger charge is -2.10. The van der Waals surface area contributed by atoms with Gasteiger partial charge in [-0.05, 0) is 17.7 Å². The zero-order valence-corrected chi connectivity index (χ0v) is 12.4. The monoisotopic (exact) mass is 315 g/mol. The van der Waals surface area contributed by atoms with Crippen molar-refractivity contribution >= 4 is 17.5 Å². The number of para-hydroxylation sites is 1. The molecule has 1 atom stereocenters. The standard InChI is InChI=1S/C17H14ClNO3/c18-12-8-4-5-9-14(12)22-16-15(20)13(19-17(16)21)10-11-6-2-1-3-7-11/h1-9,13,20H,10H2,(H,19,21)/t13-/m0/s1. The van der Waals surface area contributed by atoms with Gasteiger partial charge in [0.05, 0.1) is 11.1 Å². The van der Waals surface area contributed by atoms with Crippen LogP contribution in [-0.4, -0.2) is 17.1 Å². The summed E-state index contributed by atoms with van der Waals surface area (Å²) in [4.78, 5) is 12.0. The summed E-state index contributed by atoms with van der Waals surface area (Å²) in [6.07, 6.45) is 0.494. The van der Waals surface area contributed by atoms with Gasteiger partial charge in [0.2, 0.25) is 5.76 Å². The third-order valence-electron chi connectivity index (χ3n) is 3.41. The minimum Gasteiger partial charge on any atom is -0.506 e. The molecule has 22 heavy (non-hydrogen) atoms. The molecule has 0 radical (unpaired) electrons. The predicted molar refractivity (Wildman–Crippen MR) is 83.8 cm³/mol.